The maximum absolute atomic E-state index is 12.5. The lowest BCUT2D eigenvalue weighted by Gasteiger charge is -2.29. The second-order valence-electron chi connectivity index (χ2n) is 6.76. The molecule has 0 aromatic carbocycles. The monoisotopic (exact) mass is 331 g/mol. The Morgan fingerprint density at radius 1 is 1.38 bits per heavy atom. The predicted octanol–water partition coefficient (Wildman–Crippen LogP) is 3.06. The highest BCUT2D eigenvalue weighted by Gasteiger charge is 2.38. The minimum atomic E-state index is -0.203. The van der Waals surface area contributed by atoms with Crippen LogP contribution in [-0.2, 0) is 20.7 Å². The number of nitrogens with zero attached hydrogens (tertiary/aromatic N) is 1. The minimum Gasteiger partial charge on any atom is -0.481 e. The Morgan fingerprint density at radius 2 is 2.21 bits per heavy atom. The number of hydrogen-bond donors (Lipinski definition) is 0. The van der Waals surface area contributed by atoms with Gasteiger partial charge in [-0.15, -0.1) is 0 Å². The van der Waals surface area contributed by atoms with Gasteiger partial charge in [0.25, 0.3) is 0 Å². The van der Waals surface area contributed by atoms with E-state index in [9.17, 15) is 9.59 Å². The summed E-state index contributed by atoms with van der Waals surface area (Å²) in [7, 11) is 1.61. The lowest BCUT2D eigenvalue weighted by molar-refractivity contribution is -0.144. The third kappa shape index (κ3) is 3.45. The van der Waals surface area contributed by atoms with Crippen molar-refractivity contribution in [3.05, 3.63) is 23.4 Å². The van der Waals surface area contributed by atoms with Gasteiger partial charge in [0.2, 0.25) is 5.88 Å². The van der Waals surface area contributed by atoms with Gasteiger partial charge in [0, 0.05) is 24.1 Å². The molecule has 3 rings (SSSR count). The molecule has 1 aromatic heterocycles. The number of hydrogen-bond acceptors (Lipinski definition) is 5. The van der Waals surface area contributed by atoms with Crippen LogP contribution in [0.15, 0.2) is 12.1 Å². The summed E-state index contributed by atoms with van der Waals surface area (Å²) in [5.74, 6) is 1.10. The van der Waals surface area contributed by atoms with Crippen molar-refractivity contribution in [3.8, 4) is 5.88 Å². The van der Waals surface area contributed by atoms with Gasteiger partial charge in [-0.3, -0.25) is 9.59 Å². The van der Waals surface area contributed by atoms with E-state index in [1.165, 1.54) is 0 Å². The average molecular weight is 331 g/mol. The molecule has 0 bridgehead atoms. The Labute approximate surface area is 142 Å². The lowest BCUT2D eigenvalue weighted by atomic mass is 9.74. The molecule has 24 heavy (non-hydrogen) atoms. The second kappa shape index (κ2) is 7.32. The van der Waals surface area contributed by atoms with Crippen molar-refractivity contribution in [2.75, 3.05) is 13.7 Å². The van der Waals surface area contributed by atoms with Crippen molar-refractivity contribution in [1.82, 2.24) is 4.98 Å². The summed E-state index contributed by atoms with van der Waals surface area (Å²) in [4.78, 5) is 29.1. The highest BCUT2D eigenvalue weighted by Crippen LogP contribution is 2.43. The maximum atomic E-state index is 12.5. The van der Waals surface area contributed by atoms with Gasteiger partial charge in [0.15, 0.2) is 0 Å². The number of Topliss-reactive ketones (excluding diaryl/α,β-unsaturated/α-hetero) is 1. The standard InChI is InChI=1S/C19H25NO4/c1-3-24-19(22)11-13-9-15-12(5-4-6-17(15)21)10-16-14(13)7-8-18(20-16)23-2/h7-8,12-13,15H,3-6,9-11H2,1-2H3/t12-,13+,15+/m0/s1. The zero-order valence-electron chi connectivity index (χ0n) is 14.4. The van der Waals surface area contributed by atoms with Crippen LogP contribution < -0.4 is 4.74 Å². The van der Waals surface area contributed by atoms with Crippen molar-refractivity contribution >= 4 is 11.8 Å². The van der Waals surface area contributed by atoms with Crippen LogP contribution >= 0.6 is 0 Å². The zero-order valence-corrected chi connectivity index (χ0v) is 14.4. The molecule has 2 aliphatic carbocycles. The molecule has 5 nitrogen and oxygen atoms in total. The highest BCUT2D eigenvalue weighted by atomic mass is 16.5. The van der Waals surface area contributed by atoms with Crippen molar-refractivity contribution in [2.45, 2.75) is 51.4 Å². The first-order valence-corrected chi connectivity index (χ1v) is 8.84. The molecule has 5 heteroatoms. The van der Waals surface area contributed by atoms with Gasteiger partial charge in [0.05, 0.1) is 20.1 Å². The molecule has 1 fully saturated rings. The van der Waals surface area contributed by atoms with E-state index >= 15 is 0 Å². The number of methoxy groups -OCH3 is 1. The first kappa shape index (κ1) is 16.9. The van der Waals surface area contributed by atoms with Crippen molar-refractivity contribution in [1.29, 1.82) is 0 Å². The number of ketones is 1. The molecule has 1 saturated carbocycles. The summed E-state index contributed by atoms with van der Waals surface area (Å²) >= 11 is 0. The van der Waals surface area contributed by atoms with E-state index in [1.54, 1.807) is 7.11 Å². The Hall–Kier alpha value is -1.91. The van der Waals surface area contributed by atoms with Crippen LogP contribution in [0.25, 0.3) is 0 Å². The van der Waals surface area contributed by atoms with E-state index in [4.69, 9.17) is 9.47 Å². The topological polar surface area (TPSA) is 65.5 Å². The molecule has 1 aromatic rings. The van der Waals surface area contributed by atoms with Gasteiger partial charge in [-0.05, 0) is 50.0 Å². The molecule has 3 atom stereocenters. The van der Waals surface area contributed by atoms with Gasteiger partial charge < -0.3 is 9.47 Å². The Morgan fingerprint density at radius 3 is 2.96 bits per heavy atom. The van der Waals surface area contributed by atoms with Crippen LogP contribution in [0, 0.1) is 11.8 Å². The number of rotatable bonds is 4. The SMILES string of the molecule is CCOC(=O)C[C@H]1C[C@H]2C(=O)CCC[C@H]2Cc2nc(OC)ccc21. The van der Waals surface area contributed by atoms with Crippen LogP contribution in [0.3, 0.4) is 0 Å². The van der Waals surface area contributed by atoms with Crippen molar-refractivity contribution in [2.24, 2.45) is 11.8 Å². The smallest absolute Gasteiger partial charge is 0.306 e. The highest BCUT2D eigenvalue weighted by molar-refractivity contribution is 5.82. The quantitative estimate of drug-likeness (QED) is 0.793. The van der Waals surface area contributed by atoms with Crippen molar-refractivity contribution in [3.63, 3.8) is 0 Å². The summed E-state index contributed by atoms with van der Waals surface area (Å²) in [5.41, 5.74) is 2.05. The normalized spacial score (nSPS) is 26.1. The molecule has 0 amide bonds. The van der Waals surface area contributed by atoms with Crippen LogP contribution in [0.5, 0.6) is 5.88 Å². The number of aromatic nitrogens is 1. The fourth-order valence-corrected chi connectivity index (χ4v) is 4.19. The van der Waals surface area contributed by atoms with Gasteiger partial charge in [-0.25, -0.2) is 4.98 Å². The predicted molar refractivity (Wildman–Crippen MR) is 88.9 cm³/mol. The average Bonchev–Trinajstić information content (AvgIpc) is 2.72. The van der Waals surface area contributed by atoms with Crippen LogP contribution in [0.2, 0.25) is 0 Å². The number of pyridine rings is 1. The zero-order chi connectivity index (χ0) is 17.1. The van der Waals surface area contributed by atoms with E-state index in [-0.39, 0.29) is 17.8 Å². The summed E-state index contributed by atoms with van der Waals surface area (Å²) < 4.78 is 10.4. The fourth-order valence-electron chi connectivity index (χ4n) is 4.19. The molecule has 0 radical (unpaired) electrons. The van der Waals surface area contributed by atoms with E-state index < -0.39 is 0 Å². The molecule has 2 aliphatic rings. The van der Waals surface area contributed by atoms with Crippen LogP contribution in [0.1, 0.15) is 56.2 Å². The third-order valence-corrected chi connectivity index (χ3v) is 5.33. The molecule has 0 N–H and O–H groups in total. The Bertz CT molecular complexity index is 628. The maximum Gasteiger partial charge on any atom is 0.306 e. The Kier molecular flexibility index (Phi) is 5.17. The summed E-state index contributed by atoms with van der Waals surface area (Å²) in [6.45, 7) is 2.19. The first-order chi connectivity index (χ1) is 11.6. The van der Waals surface area contributed by atoms with Crippen LogP contribution in [0.4, 0.5) is 0 Å². The number of fused-ring (bicyclic) bond motifs is 2. The molecule has 0 spiro atoms. The molecule has 130 valence electrons. The summed E-state index contributed by atoms with van der Waals surface area (Å²) in [6, 6.07) is 3.85. The molecular weight excluding hydrogens is 306 g/mol. The number of ether oxygens (including phenoxy) is 2. The second-order valence-corrected chi connectivity index (χ2v) is 6.76. The van der Waals surface area contributed by atoms with E-state index in [1.807, 2.05) is 19.1 Å². The lowest BCUT2D eigenvalue weighted by Crippen LogP contribution is -2.30. The van der Waals surface area contributed by atoms with Crippen LogP contribution in [-0.4, -0.2) is 30.5 Å². The van der Waals surface area contributed by atoms with E-state index in [2.05, 4.69) is 4.98 Å². The first-order valence-electron chi connectivity index (χ1n) is 8.84. The molecule has 1 heterocycles. The molecule has 0 aliphatic heterocycles. The largest absolute Gasteiger partial charge is 0.481 e. The number of esters is 1. The van der Waals surface area contributed by atoms with Crippen molar-refractivity contribution < 1.29 is 19.1 Å². The Balaban J connectivity index is 1.94. The van der Waals surface area contributed by atoms with Gasteiger partial charge in [-0.2, -0.15) is 0 Å². The van der Waals surface area contributed by atoms with Gasteiger partial charge >= 0.3 is 5.97 Å². The third-order valence-electron chi connectivity index (χ3n) is 5.33. The molecule has 0 saturated heterocycles. The summed E-state index contributed by atoms with van der Waals surface area (Å²) in [6.07, 6.45) is 4.51. The van der Waals surface area contributed by atoms with Gasteiger partial charge in [0.1, 0.15) is 5.78 Å². The van der Waals surface area contributed by atoms with E-state index in [0.717, 1.165) is 36.9 Å². The molecular formula is C19H25NO4. The summed E-state index contributed by atoms with van der Waals surface area (Å²) in [5, 5.41) is 0. The van der Waals surface area contributed by atoms with E-state index in [0.29, 0.717) is 37.0 Å². The fraction of sp³-hybridized carbons (Fsp3) is 0.632. The minimum absolute atomic E-state index is 0.00509. The molecule has 0 unspecified atom stereocenters. The number of carbonyl (C=O) groups excluding carboxylic acids is 2. The number of carbonyl (C=O) groups is 2. The van der Waals surface area contributed by atoms with Gasteiger partial charge in [-0.1, -0.05) is 6.07 Å².